The summed E-state index contributed by atoms with van der Waals surface area (Å²) in [5, 5.41) is 0.859. The standard InChI is InChI=1S/C16H9F2NO/c17-12-4-1-5-13(18)15(12)16(20)11-7-6-10-3-2-8-19-14(10)9-11/h1-9H. The third-order valence-corrected chi connectivity index (χ3v) is 3.06. The van der Waals surface area contributed by atoms with Crippen molar-refractivity contribution in [3.8, 4) is 0 Å². The maximum atomic E-state index is 13.6. The highest BCUT2D eigenvalue weighted by molar-refractivity contribution is 6.10. The molecular weight excluding hydrogens is 260 g/mol. The van der Waals surface area contributed by atoms with Gasteiger partial charge in [0.2, 0.25) is 0 Å². The number of ketones is 1. The highest BCUT2D eigenvalue weighted by atomic mass is 19.1. The summed E-state index contributed by atoms with van der Waals surface area (Å²) in [6, 6.07) is 11.8. The zero-order valence-corrected chi connectivity index (χ0v) is 10.3. The van der Waals surface area contributed by atoms with E-state index in [1.54, 1.807) is 18.3 Å². The normalized spacial score (nSPS) is 10.7. The van der Waals surface area contributed by atoms with Crippen molar-refractivity contribution in [1.82, 2.24) is 4.98 Å². The van der Waals surface area contributed by atoms with Crippen molar-refractivity contribution in [3.63, 3.8) is 0 Å². The summed E-state index contributed by atoms with van der Waals surface area (Å²) in [4.78, 5) is 16.3. The first-order valence-corrected chi connectivity index (χ1v) is 6.00. The van der Waals surface area contributed by atoms with Crippen LogP contribution in [0.1, 0.15) is 15.9 Å². The van der Waals surface area contributed by atoms with Crippen LogP contribution < -0.4 is 0 Å². The maximum absolute atomic E-state index is 13.6. The first kappa shape index (κ1) is 12.4. The number of carbonyl (C=O) groups is 1. The predicted molar refractivity (Wildman–Crippen MR) is 71.5 cm³/mol. The fraction of sp³-hybridized carbons (Fsp3) is 0. The van der Waals surface area contributed by atoms with Crippen LogP contribution in [0, 0.1) is 11.6 Å². The molecule has 1 aromatic heterocycles. The fourth-order valence-electron chi connectivity index (χ4n) is 2.07. The van der Waals surface area contributed by atoms with Crippen molar-refractivity contribution in [2.75, 3.05) is 0 Å². The number of hydrogen-bond donors (Lipinski definition) is 0. The molecule has 0 unspecified atom stereocenters. The van der Waals surface area contributed by atoms with Crippen molar-refractivity contribution in [1.29, 1.82) is 0 Å². The Labute approximate surface area is 113 Å². The first-order valence-electron chi connectivity index (χ1n) is 6.00. The Kier molecular flexibility index (Phi) is 2.99. The molecule has 0 aliphatic heterocycles. The summed E-state index contributed by atoms with van der Waals surface area (Å²) in [5.74, 6) is -2.42. The molecule has 3 rings (SSSR count). The minimum Gasteiger partial charge on any atom is -0.288 e. The molecule has 0 atom stereocenters. The quantitative estimate of drug-likeness (QED) is 0.663. The molecule has 0 aliphatic rings. The molecule has 0 aliphatic carbocycles. The molecule has 2 aromatic carbocycles. The summed E-state index contributed by atoms with van der Waals surface area (Å²) in [7, 11) is 0. The largest absolute Gasteiger partial charge is 0.288 e. The third-order valence-electron chi connectivity index (χ3n) is 3.06. The van der Waals surface area contributed by atoms with E-state index >= 15 is 0 Å². The van der Waals surface area contributed by atoms with E-state index in [0.717, 1.165) is 17.5 Å². The SMILES string of the molecule is O=C(c1ccc2cccnc2c1)c1c(F)cccc1F. The van der Waals surface area contributed by atoms with Gasteiger partial charge < -0.3 is 0 Å². The summed E-state index contributed by atoms with van der Waals surface area (Å²) < 4.78 is 27.2. The molecule has 0 saturated heterocycles. The number of benzene rings is 2. The van der Waals surface area contributed by atoms with Crippen LogP contribution in [0.2, 0.25) is 0 Å². The van der Waals surface area contributed by atoms with E-state index in [0.29, 0.717) is 5.52 Å². The zero-order valence-electron chi connectivity index (χ0n) is 10.3. The van der Waals surface area contributed by atoms with Crippen LogP contribution in [0.15, 0.2) is 54.7 Å². The molecule has 20 heavy (non-hydrogen) atoms. The second-order valence-electron chi connectivity index (χ2n) is 4.34. The molecule has 0 bridgehead atoms. The van der Waals surface area contributed by atoms with Crippen molar-refractivity contribution in [3.05, 3.63) is 77.5 Å². The second kappa shape index (κ2) is 4.81. The van der Waals surface area contributed by atoms with E-state index in [4.69, 9.17) is 0 Å². The van der Waals surface area contributed by atoms with Crippen LogP contribution in [0.4, 0.5) is 8.78 Å². The van der Waals surface area contributed by atoms with Crippen LogP contribution in [0.3, 0.4) is 0 Å². The van der Waals surface area contributed by atoms with Crippen LogP contribution in [0.25, 0.3) is 10.9 Å². The number of nitrogens with zero attached hydrogens (tertiary/aromatic N) is 1. The van der Waals surface area contributed by atoms with Crippen LogP contribution in [-0.4, -0.2) is 10.8 Å². The van der Waals surface area contributed by atoms with Gasteiger partial charge in [0.25, 0.3) is 0 Å². The summed E-state index contributed by atoms with van der Waals surface area (Å²) in [6.45, 7) is 0. The van der Waals surface area contributed by atoms with E-state index in [-0.39, 0.29) is 5.56 Å². The Morgan fingerprint density at radius 2 is 1.70 bits per heavy atom. The Balaban J connectivity index is 2.13. The number of pyridine rings is 1. The summed E-state index contributed by atoms with van der Waals surface area (Å²) >= 11 is 0. The molecule has 0 amide bonds. The lowest BCUT2D eigenvalue weighted by atomic mass is 10.0. The lowest BCUT2D eigenvalue weighted by molar-refractivity contribution is 0.103. The smallest absolute Gasteiger partial charge is 0.199 e. The average molecular weight is 269 g/mol. The lowest BCUT2D eigenvalue weighted by Crippen LogP contribution is -2.07. The molecular formula is C16H9F2NO. The number of halogens is 2. The molecule has 3 aromatic rings. The van der Waals surface area contributed by atoms with Gasteiger partial charge in [-0.3, -0.25) is 9.78 Å². The number of aromatic nitrogens is 1. The Hall–Kier alpha value is -2.62. The molecule has 2 nitrogen and oxygen atoms in total. The van der Waals surface area contributed by atoms with Crippen molar-refractivity contribution >= 4 is 16.7 Å². The predicted octanol–water partition coefficient (Wildman–Crippen LogP) is 3.74. The molecule has 1 heterocycles. The van der Waals surface area contributed by atoms with Gasteiger partial charge in [-0.2, -0.15) is 0 Å². The lowest BCUT2D eigenvalue weighted by Gasteiger charge is -2.05. The second-order valence-corrected chi connectivity index (χ2v) is 4.34. The van der Waals surface area contributed by atoms with Crippen LogP contribution >= 0.6 is 0 Å². The van der Waals surface area contributed by atoms with Crippen LogP contribution in [0.5, 0.6) is 0 Å². The molecule has 0 fully saturated rings. The van der Waals surface area contributed by atoms with E-state index in [9.17, 15) is 13.6 Å². The van der Waals surface area contributed by atoms with Gasteiger partial charge in [0.15, 0.2) is 5.78 Å². The minimum absolute atomic E-state index is 0.209. The van der Waals surface area contributed by atoms with E-state index in [1.165, 1.54) is 18.2 Å². The highest BCUT2D eigenvalue weighted by Gasteiger charge is 2.18. The monoisotopic (exact) mass is 269 g/mol. The van der Waals surface area contributed by atoms with Gasteiger partial charge in [-0.25, -0.2) is 8.78 Å². The van der Waals surface area contributed by atoms with Crippen molar-refractivity contribution < 1.29 is 13.6 Å². The van der Waals surface area contributed by atoms with Gasteiger partial charge in [-0.1, -0.05) is 24.3 Å². The van der Waals surface area contributed by atoms with E-state index in [1.807, 2.05) is 6.07 Å². The fourth-order valence-corrected chi connectivity index (χ4v) is 2.07. The minimum atomic E-state index is -0.865. The van der Waals surface area contributed by atoms with Gasteiger partial charge in [0, 0.05) is 17.1 Å². The van der Waals surface area contributed by atoms with Gasteiger partial charge in [0.1, 0.15) is 11.6 Å². The van der Waals surface area contributed by atoms with Crippen molar-refractivity contribution in [2.24, 2.45) is 0 Å². The molecule has 98 valence electrons. The molecule has 4 heteroatoms. The zero-order chi connectivity index (χ0) is 14.1. The van der Waals surface area contributed by atoms with Crippen molar-refractivity contribution in [2.45, 2.75) is 0 Å². The number of carbonyl (C=O) groups excluding carboxylic acids is 1. The molecule has 0 spiro atoms. The van der Waals surface area contributed by atoms with E-state index < -0.39 is 23.0 Å². The Morgan fingerprint density at radius 3 is 2.45 bits per heavy atom. The van der Waals surface area contributed by atoms with Crippen LogP contribution in [-0.2, 0) is 0 Å². The topological polar surface area (TPSA) is 30.0 Å². The van der Waals surface area contributed by atoms with Gasteiger partial charge in [0.05, 0.1) is 11.1 Å². The number of rotatable bonds is 2. The first-order chi connectivity index (χ1) is 9.66. The van der Waals surface area contributed by atoms with Gasteiger partial charge in [-0.05, 0) is 24.3 Å². The molecule has 0 N–H and O–H groups in total. The molecule has 0 saturated carbocycles. The maximum Gasteiger partial charge on any atom is 0.199 e. The summed E-state index contributed by atoms with van der Waals surface area (Å²) in [6.07, 6.45) is 1.60. The third kappa shape index (κ3) is 2.05. The van der Waals surface area contributed by atoms with Gasteiger partial charge >= 0.3 is 0 Å². The van der Waals surface area contributed by atoms with E-state index in [2.05, 4.69) is 4.98 Å². The molecule has 0 radical (unpaired) electrons. The average Bonchev–Trinajstić information content (AvgIpc) is 2.46. The number of hydrogen-bond acceptors (Lipinski definition) is 2. The Morgan fingerprint density at radius 1 is 0.950 bits per heavy atom. The number of fused-ring (bicyclic) bond motifs is 1. The van der Waals surface area contributed by atoms with Gasteiger partial charge in [-0.15, -0.1) is 0 Å². The summed E-state index contributed by atoms with van der Waals surface area (Å²) in [5.41, 5.74) is 0.276. The highest BCUT2D eigenvalue weighted by Crippen LogP contribution is 2.20. The Bertz CT molecular complexity index is 794.